The van der Waals surface area contributed by atoms with E-state index < -0.39 is 5.97 Å². The van der Waals surface area contributed by atoms with Crippen LogP contribution in [0.2, 0.25) is 0 Å². The molecule has 1 heterocycles. The Labute approximate surface area is 88.3 Å². The Morgan fingerprint density at radius 3 is 2.46 bits per heavy atom. The van der Waals surface area contributed by atoms with Crippen molar-refractivity contribution in [3.8, 4) is 0 Å². The van der Waals surface area contributed by atoms with Gasteiger partial charge in [0.2, 0.25) is 0 Å². The molecule has 1 atom stereocenters. The fraction of sp³-hybridized carbons (Fsp3) is 0.889. The second-order valence-corrected chi connectivity index (χ2v) is 5.94. The van der Waals surface area contributed by atoms with Crippen LogP contribution in [0, 0.1) is 0 Å². The predicted molar refractivity (Wildman–Crippen MR) is 61.3 cm³/mol. The van der Waals surface area contributed by atoms with Gasteiger partial charge in [-0.3, -0.25) is 4.79 Å². The summed E-state index contributed by atoms with van der Waals surface area (Å²) in [5.74, 6) is 0.674. The molecule has 0 bridgehead atoms. The zero-order chi connectivity index (χ0) is 10.1. The molecule has 1 aliphatic rings. The van der Waals surface area contributed by atoms with E-state index in [1.165, 1.54) is 12.2 Å². The van der Waals surface area contributed by atoms with Gasteiger partial charge in [-0.05, 0) is 12.8 Å². The van der Waals surface area contributed by atoms with Crippen LogP contribution in [0.15, 0.2) is 0 Å². The molecule has 1 N–H and O–H groups in total. The molecular weight excluding hydrogens is 204 g/mol. The van der Waals surface area contributed by atoms with Gasteiger partial charge in [0.1, 0.15) is 0 Å². The number of carboxylic acid groups (broad SMARTS) is 1. The SMILES string of the molecule is CC1CCSS1.CCCCC(=O)O. The first-order valence-electron chi connectivity index (χ1n) is 4.67. The monoisotopic (exact) mass is 222 g/mol. The molecule has 1 rings (SSSR count). The van der Waals surface area contributed by atoms with Crippen LogP contribution in [0.3, 0.4) is 0 Å². The number of hydrogen-bond donors (Lipinski definition) is 1. The Balaban J connectivity index is 0.000000223. The summed E-state index contributed by atoms with van der Waals surface area (Å²) in [5.41, 5.74) is 0. The first kappa shape index (κ1) is 13.2. The minimum Gasteiger partial charge on any atom is -0.481 e. The average Bonchev–Trinajstić information content (AvgIpc) is 2.53. The van der Waals surface area contributed by atoms with Crippen molar-refractivity contribution in [1.29, 1.82) is 0 Å². The van der Waals surface area contributed by atoms with E-state index in [0.717, 1.165) is 18.1 Å². The largest absolute Gasteiger partial charge is 0.481 e. The molecule has 1 unspecified atom stereocenters. The van der Waals surface area contributed by atoms with E-state index >= 15 is 0 Å². The van der Waals surface area contributed by atoms with Gasteiger partial charge in [0.25, 0.3) is 0 Å². The van der Waals surface area contributed by atoms with Crippen LogP contribution in [0.5, 0.6) is 0 Å². The molecule has 0 aromatic heterocycles. The van der Waals surface area contributed by atoms with Gasteiger partial charge >= 0.3 is 5.97 Å². The number of carboxylic acids is 1. The van der Waals surface area contributed by atoms with Crippen LogP contribution in [0.1, 0.15) is 39.5 Å². The van der Waals surface area contributed by atoms with Gasteiger partial charge in [0.05, 0.1) is 0 Å². The van der Waals surface area contributed by atoms with Crippen molar-refractivity contribution in [3.05, 3.63) is 0 Å². The van der Waals surface area contributed by atoms with Crippen molar-refractivity contribution in [1.82, 2.24) is 0 Å². The van der Waals surface area contributed by atoms with Crippen molar-refractivity contribution in [2.75, 3.05) is 5.75 Å². The quantitative estimate of drug-likeness (QED) is 0.742. The van der Waals surface area contributed by atoms with E-state index in [-0.39, 0.29) is 0 Å². The predicted octanol–water partition coefficient (Wildman–Crippen LogP) is 3.42. The maximum absolute atomic E-state index is 9.76. The summed E-state index contributed by atoms with van der Waals surface area (Å²) in [6, 6.07) is 0. The lowest BCUT2D eigenvalue weighted by atomic mass is 10.3. The first-order chi connectivity index (χ1) is 6.16. The lowest BCUT2D eigenvalue weighted by Gasteiger charge is -1.89. The van der Waals surface area contributed by atoms with E-state index in [1.54, 1.807) is 0 Å². The van der Waals surface area contributed by atoms with Crippen molar-refractivity contribution in [3.63, 3.8) is 0 Å². The number of unbranched alkanes of at least 4 members (excludes halogenated alkanes) is 1. The topological polar surface area (TPSA) is 37.3 Å². The number of carbonyl (C=O) groups is 1. The van der Waals surface area contributed by atoms with E-state index in [9.17, 15) is 4.79 Å². The summed E-state index contributed by atoms with van der Waals surface area (Å²) >= 11 is 0. The molecule has 0 radical (unpaired) electrons. The second-order valence-electron chi connectivity index (χ2n) is 3.01. The van der Waals surface area contributed by atoms with Crippen molar-refractivity contribution >= 4 is 27.6 Å². The summed E-state index contributed by atoms with van der Waals surface area (Å²) in [7, 11) is 4.01. The van der Waals surface area contributed by atoms with Gasteiger partial charge in [-0.2, -0.15) is 0 Å². The molecule has 0 saturated carbocycles. The maximum atomic E-state index is 9.76. The molecule has 0 aromatic carbocycles. The maximum Gasteiger partial charge on any atom is 0.303 e. The lowest BCUT2D eigenvalue weighted by Crippen LogP contribution is -1.91. The highest BCUT2D eigenvalue weighted by atomic mass is 33.1. The highest BCUT2D eigenvalue weighted by molar-refractivity contribution is 8.77. The molecule has 78 valence electrons. The third-order valence-electron chi connectivity index (χ3n) is 1.58. The summed E-state index contributed by atoms with van der Waals surface area (Å²) in [6.45, 7) is 4.26. The summed E-state index contributed by atoms with van der Waals surface area (Å²) < 4.78 is 0. The Bertz CT molecular complexity index is 134. The summed E-state index contributed by atoms with van der Waals surface area (Å²) in [6.07, 6.45) is 3.49. The molecule has 0 amide bonds. The van der Waals surface area contributed by atoms with Gasteiger partial charge in [-0.15, -0.1) is 0 Å². The molecule has 4 heteroatoms. The molecule has 1 fully saturated rings. The van der Waals surface area contributed by atoms with Crippen LogP contribution in [-0.4, -0.2) is 22.1 Å². The number of hydrogen-bond acceptors (Lipinski definition) is 3. The minimum absolute atomic E-state index is 0.316. The Kier molecular flexibility index (Phi) is 8.87. The van der Waals surface area contributed by atoms with Gasteiger partial charge in [0, 0.05) is 17.4 Å². The third-order valence-corrected chi connectivity index (χ3v) is 4.58. The Hall–Kier alpha value is 0.170. The van der Waals surface area contributed by atoms with Crippen molar-refractivity contribution in [2.45, 2.75) is 44.8 Å². The van der Waals surface area contributed by atoms with Gasteiger partial charge in [0.15, 0.2) is 0 Å². The highest BCUT2D eigenvalue weighted by Crippen LogP contribution is 2.36. The van der Waals surface area contributed by atoms with Crippen LogP contribution in [0.4, 0.5) is 0 Å². The zero-order valence-corrected chi connectivity index (χ0v) is 9.92. The average molecular weight is 222 g/mol. The molecule has 0 aliphatic carbocycles. The van der Waals surface area contributed by atoms with E-state index in [4.69, 9.17) is 5.11 Å². The number of rotatable bonds is 3. The van der Waals surface area contributed by atoms with Crippen LogP contribution in [0.25, 0.3) is 0 Å². The molecule has 0 spiro atoms. The van der Waals surface area contributed by atoms with E-state index in [0.29, 0.717) is 6.42 Å². The fourth-order valence-electron chi connectivity index (χ4n) is 0.754. The molecule has 13 heavy (non-hydrogen) atoms. The highest BCUT2D eigenvalue weighted by Gasteiger charge is 2.08. The van der Waals surface area contributed by atoms with Gasteiger partial charge in [-0.25, -0.2) is 0 Å². The van der Waals surface area contributed by atoms with Crippen LogP contribution >= 0.6 is 21.6 Å². The van der Waals surface area contributed by atoms with Gasteiger partial charge < -0.3 is 5.11 Å². The van der Waals surface area contributed by atoms with E-state index in [2.05, 4.69) is 6.92 Å². The normalized spacial score (nSPS) is 20.6. The number of aliphatic carboxylic acids is 1. The third kappa shape index (κ3) is 10.1. The standard InChI is InChI=1S/C5H10O2.C4H8S2/c1-2-3-4-5(6)7;1-4-2-3-5-6-4/h2-4H2,1H3,(H,6,7);4H,2-3H2,1H3. The fourth-order valence-corrected chi connectivity index (χ4v) is 3.46. The first-order valence-corrected chi connectivity index (χ1v) is 7.05. The van der Waals surface area contributed by atoms with Crippen molar-refractivity contribution in [2.24, 2.45) is 0 Å². The minimum atomic E-state index is -0.693. The Morgan fingerprint density at radius 2 is 2.31 bits per heavy atom. The molecule has 0 aromatic rings. The second kappa shape index (κ2) is 8.75. The lowest BCUT2D eigenvalue weighted by molar-refractivity contribution is -0.137. The smallest absolute Gasteiger partial charge is 0.303 e. The van der Waals surface area contributed by atoms with E-state index in [1.807, 2.05) is 28.5 Å². The molecule has 2 nitrogen and oxygen atoms in total. The summed E-state index contributed by atoms with van der Waals surface area (Å²) in [4.78, 5) is 9.76. The van der Waals surface area contributed by atoms with Crippen LogP contribution < -0.4 is 0 Å². The summed E-state index contributed by atoms with van der Waals surface area (Å²) in [5, 5.41) is 8.97. The molecule has 1 saturated heterocycles. The molecular formula is C9H18O2S2. The van der Waals surface area contributed by atoms with Crippen LogP contribution in [-0.2, 0) is 4.79 Å². The van der Waals surface area contributed by atoms with Gasteiger partial charge in [-0.1, -0.05) is 41.9 Å². The zero-order valence-electron chi connectivity index (χ0n) is 8.28. The van der Waals surface area contributed by atoms with Crippen molar-refractivity contribution < 1.29 is 9.90 Å². The molecule has 1 aliphatic heterocycles. The Morgan fingerprint density at radius 1 is 1.62 bits per heavy atom.